The van der Waals surface area contributed by atoms with Crippen molar-refractivity contribution in [1.82, 2.24) is 4.98 Å². The van der Waals surface area contributed by atoms with E-state index in [0.717, 1.165) is 6.42 Å². The van der Waals surface area contributed by atoms with Gasteiger partial charge in [0.2, 0.25) is 0 Å². The molecule has 2 rings (SSSR count). The molecule has 1 unspecified atom stereocenters. The summed E-state index contributed by atoms with van der Waals surface area (Å²) in [6.45, 7) is 0.390. The zero-order valence-corrected chi connectivity index (χ0v) is 10.1. The van der Waals surface area contributed by atoms with Gasteiger partial charge in [0.05, 0.1) is 16.6 Å². The van der Waals surface area contributed by atoms with Gasteiger partial charge in [0.25, 0.3) is 0 Å². The molecule has 1 fully saturated rings. The first-order valence-electron chi connectivity index (χ1n) is 5.43. The highest BCUT2D eigenvalue weighted by molar-refractivity contribution is 7.92. The van der Waals surface area contributed by atoms with Crippen LogP contribution in [-0.2, 0) is 9.84 Å². The highest BCUT2D eigenvalue weighted by atomic mass is 32.2. The summed E-state index contributed by atoms with van der Waals surface area (Å²) in [5, 5.41) is 11.3. The van der Waals surface area contributed by atoms with Gasteiger partial charge >= 0.3 is 0 Å². The lowest BCUT2D eigenvalue weighted by Gasteiger charge is -2.10. The van der Waals surface area contributed by atoms with Crippen LogP contribution in [0.4, 0.5) is 5.82 Å². The van der Waals surface area contributed by atoms with E-state index in [4.69, 9.17) is 5.26 Å². The van der Waals surface area contributed by atoms with E-state index in [9.17, 15) is 8.42 Å². The Morgan fingerprint density at radius 3 is 2.88 bits per heavy atom. The molecular weight excluding hydrogens is 238 g/mol. The molecule has 5 nitrogen and oxygen atoms in total. The molecule has 1 aromatic heterocycles. The van der Waals surface area contributed by atoms with E-state index in [1.165, 1.54) is 6.20 Å². The quantitative estimate of drug-likeness (QED) is 0.864. The number of sulfone groups is 1. The van der Waals surface area contributed by atoms with Crippen LogP contribution >= 0.6 is 0 Å². The molecule has 0 bridgehead atoms. The normalized spacial score (nSPS) is 21.9. The van der Waals surface area contributed by atoms with E-state index < -0.39 is 9.84 Å². The number of hydrogen-bond donors (Lipinski definition) is 1. The van der Waals surface area contributed by atoms with Crippen LogP contribution < -0.4 is 5.32 Å². The van der Waals surface area contributed by atoms with Gasteiger partial charge in [0.15, 0.2) is 9.84 Å². The highest BCUT2D eigenvalue weighted by Gasteiger charge is 2.30. The molecule has 2 heterocycles. The van der Waals surface area contributed by atoms with E-state index in [1.807, 2.05) is 6.07 Å². The number of rotatable bonds is 3. The smallest absolute Gasteiger partial charge is 0.154 e. The standard InChI is InChI=1S/C11H13N3O2S/c12-6-9-3-4-11(13-7-9)14-8-10-2-1-5-17(10,15)16/h3-4,7,10H,1-2,5,8H2,(H,13,14). The predicted octanol–water partition coefficient (Wildman–Crippen LogP) is 0.942. The van der Waals surface area contributed by atoms with Crippen LogP contribution in [-0.4, -0.2) is 30.9 Å². The van der Waals surface area contributed by atoms with Gasteiger partial charge in [-0.3, -0.25) is 0 Å². The van der Waals surface area contributed by atoms with Crippen molar-refractivity contribution in [3.05, 3.63) is 23.9 Å². The number of anilines is 1. The van der Waals surface area contributed by atoms with Crippen molar-refractivity contribution in [1.29, 1.82) is 5.26 Å². The van der Waals surface area contributed by atoms with Gasteiger partial charge in [0.1, 0.15) is 11.9 Å². The molecule has 0 aliphatic carbocycles. The second kappa shape index (κ2) is 4.72. The lowest BCUT2D eigenvalue weighted by atomic mass is 10.2. The minimum absolute atomic E-state index is 0.292. The van der Waals surface area contributed by atoms with Crippen LogP contribution in [0.1, 0.15) is 18.4 Å². The summed E-state index contributed by atoms with van der Waals surface area (Å²) in [4.78, 5) is 4.03. The van der Waals surface area contributed by atoms with Crippen molar-refractivity contribution in [2.75, 3.05) is 17.6 Å². The fourth-order valence-corrected chi connectivity index (χ4v) is 3.64. The van der Waals surface area contributed by atoms with Crippen LogP contribution in [0, 0.1) is 11.3 Å². The topological polar surface area (TPSA) is 82.9 Å². The average Bonchev–Trinajstić information content (AvgIpc) is 2.66. The molecule has 0 radical (unpaired) electrons. The Morgan fingerprint density at radius 2 is 2.35 bits per heavy atom. The van der Waals surface area contributed by atoms with Crippen molar-refractivity contribution in [2.24, 2.45) is 0 Å². The fraction of sp³-hybridized carbons (Fsp3) is 0.455. The summed E-state index contributed by atoms with van der Waals surface area (Å²) >= 11 is 0. The Labute approximate surface area is 100 Å². The van der Waals surface area contributed by atoms with Gasteiger partial charge < -0.3 is 5.32 Å². The zero-order chi connectivity index (χ0) is 12.3. The lowest BCUT2D eigenvalue weighted by molar-refractivity contribution is 0.591. The largest absolute Gasteiger partial charge is 0.369 e. The molecule has 90 valence electrons. The van der Waals surface area contributed by atoms with E-state index in [2.05, 4.69) is 10.3 Å². The summed E-state index contributed by atoms with van der Waals surface area (Å²) in [6.07, 6.45) is 2.92. The molecule has 6 heteroatoms. The molecule has 1 N–H and O–H groups in total. The minimum Gasteiger partial charge on any atom is -0.369 e. The Hall–Kier alpha value is -1.61. The van der Waals surface area contributed by atoms with Crippen LogP contribution in [0.15, 0.2) is 18.3 Å². The number of nitrogens with zero attached hydrogens (tertiary/aromatic N) is 2. The van der Waals surface area contributed by atoms with Gasteiger partial charge in [-0.05, 0) is 25.0 Å². The molecule has 0 aromatic carbocycles. The first-order valence-corrected chi connectivity index (χ1v) is 7.15. The Bertz CT molecular complexity index is 531. The third-order valence-corrected chi connectivity index (χ3v) is 5.14. The highest BCUT2D eigenvalue weighted by Crippen LogP contribution is 2.20. The molecule has 1 aliphatic rings. The van der Waals surface area contributed by atoms with E-state index >= 15 is 0 Å². The maximum Gasteiger partial charge on any atom is 0.154 e. The number of nitrogens with one attached hydrogen (secondary N) is 1. The van der Waals surface area contributed by atoms with Crippen molar-refractivity contribution in [3.8, 4) is 6.07 Å². The zero-order valence-electron chi connectivity index (χ0n) is 9.26. The molecule has 0 spiro atoms. The van der Waals surface area contributed by atoms with Crippen molar-refractivity contribution < 1.29 is 8.42 Å². The minimum atomic E-state index is -2.91. The first kappa shape index (κ1) is 11.9. The summed E-state index contributed by atoms with van der Waals surface area (Å²) in [6, 6.07) is 5.31. The van der Waals surface area contributed by atoms with Crippen LogP contribution in [0.3, 0.4) is 0 Å². The third kappa shape index (κ3) is 2.74. The number of pyridine rings is 1. The Morgan fingerprint density at radius 1 is 1.53 bits per heavy atom. The van der Waals surface area contributed by atoms with Crippen LogP contribution in [0.25, 0.3) is 0 Å². The number of nitriles is 1. The monoisotopic (exact) mass is 251 g/mol. The van der Waals surface area contributed by atoms with Crippen molar-refractivity contribution in [2.45, 2.75) is 18.1 Å². The van der Waals surface area contributed by atoms with Crippen molar-refractivity contribution in [3.63, 3.8) is 0 Å². The van der Waals surface area contributed by atoms with Crippen LogP contribution in [0.5, 0.6) is 0 Å². The molecule has 1 aromatic rings. The maximum atomic E-state index is 11.6. The summed E-state index contributed by atoms with van der Waals surface area (Å²) in [5.74, 6) is 0.895. The van der Waals surface area contributed by atoms with E-state index in [0.29, 0.717) is 30.1 Å². The molecule has 17 heavy (non-hydrogen) atoms. The number of aromatic nitrogens is 1. The van der Waals surface area contributed by atoms with Gasteiger partial charge in [-0.1, -0.05) is 0 Å². The first-order chi connectivity index (χ1) is 8.12. The second-order valence-electron chi connectivity index (χ2n) is 4.06. The maximum absolute atomic E-state index is 11.6. The van der Waals surface area contributed by atoms with Gasteiger partial charge in [0, 0.05) is 12.7 Å². The Kier molecular flexibility index (Phi) is 3.29. The summed E-state index contributed by atoms with van der Waals surface area (Å²) in [5.41, 5.74) is 0.490. The molecule has 1 aliphatic heterocycles. The molecule has 1 atom stereocenters. The van der Waals surface area contributed by atoms with Crippen LogP contribution in [0.2, 0.25) is 0 Å². The third-order valence-electron chi connectivity index (χ3n) is 2.87. The van der Waals surface area contributed by atoms with E-state index in [1.54, 1.807) is 12.1 Å². The Balaban J connectivity index is 1.96. The molecule has 1 saturated heterocycles. The van der Waals surface area contributed by atoms with Gasteiger partial charge in [-0.15, -0.1) is 0 Å². The average molecular weight is 251 g/mol. The van der Waals surface area contributed by atoms with Gasteiger partial charge in [-0.2, -0.15) is 5.26 Å². The lowest BCUT2D eigenvalue weighted by Crippen LogP contribution is -2.25. The molecular formula is C11H13N3O2S. The van der Waals surface area contributed by atoms with E-state index in [-0.39, 0.29) is 5.25 Å². The predicted molar refractivity (Wildman–Crippen MR) is 64.3 cm³/mol. The van der Waals surface area contributed by atoms with Gasteiger partial charge in [-0.25, -0.2) is 13.4 Å². The van der Waals surface area contributed by atoms with Crippen molar-refractivity contribution >= 4 is 15.7 Å². The molecule has 0 saturated carbocycles. The summed E-state index contributed by atoms with van der Waals surface area (Å²) in [7, 11) is -2.91. The summed E-state index contributed by atoms with van der Waals surface area (Å²) < 4.78 is 23.2. The number of hydrogen-bond acceptors (Lipinski definition) is 5. The fourth-order valence-electron chi connectivity index (χ4n) is 1.87. The second-order valence-corrected chi connectivity index (χ2v) is 6.46. The molecule has 0 amide bonds. The SMILES string of the molecule is N#Cc1ccc(NCC2CCCS2(=O)=O)nc1.